The average molecular weight is 915 g/mol. The van der Waals surface area contributed by atoms with E-state index in [2.05, 4.69) is 26.0 Å². The van der Waals surface area contributed by atoms with E-state index in [0.29, 0.717) is 43.1 Å². The smallest absolute Gasteiger partial charge is 0.462 e. The maximum absolute atomic E-state index is 12.9. The summed E-state index contributed by atoms with van der Waals surface area (Å²) in [5.74, 6) is -1.49. The Morgan fingerprint density at radius 3 is 1.84 bits per heavy atom. The number of esters is 2. The number of carbonyl (C=O) groups excluding carboxylic acids is 3. The minimum Gasteiger partial charge on any atom is -0.462 e. The van der Waals surface area contributed by atoms with Crippen LogP contribution in [0.1, 0.15) is 200 Å². The average Bonchev–Trinajstić information content (AvgIpc) is 3.50. The van der Waals surface area contributed by atoms with Gasteiger partial charge in [-0.3, -0.25) is 23.4 Å². The van der Waals surface area contributed by atoms with Crippen LogP contribution in [-0.2, 0) is 37.5 Å². The van der Waals surface area contributed by atoms with Crippen molar-refractivity contribution in [3.63, 3.8) is 0 Å². The van der Waals surface area contributed by atoms with Crippen molar-refractivity contribution in [2.45, 2.75) is 218 Å². The van der Waals surface area contributed by atoms with E-state index in [4.69, 9.17) is 18.5 Å². The Labute approximate surface area is 383 Å². The third kappa shape index (κ3) is 34.1. The highest BCUT2D eigenvalue weighted by atomic mass is 31.2. The molecule has 0 saturated heterocycles. The zero-order valence-electron chi connectivity index (χ0n) is 40.5. The molecule has 0 aromatic rings. The summed E-state index contributed by atoms with van der Waals surface area (Å²) in [7, 11) is 1.33. The molecule has 0 heterocycles. The van der Waals surface area contributed by atoms with Gasteiger partial charge in [-0.25, -0.2) is 4.57 Å². The molecule has 12 nitrogen and oxygen atoms in total. The maximum atomic E-state index is 12.9. The standard InChI is InChI=1S/C50H92NO11P/c1-6-8-10-11-12-13-14-15-16-17-18-19-20-21-22-23-24-25-30-34-49(55)59-41-44(42-61-63(57,58)60-39-38-51(3,4)5)62-50(56)35-31-27-26-29-33-45-46(48(54)40-47(45)53)37-36-43(52)32-28-9-7-2/h15-16,36-37,43-46,48,52,54H,6-14,17-35,38-42H2,1-5H3/p+1/b16-15-,37-36+/t43-,44+,45+,46+,48+/m0/s1. The van der Waals surface area contributed by atoms with Crippen LogP contribution in [0.3, 0.4) is 0 Å². The molecule has 1 rings (SSSR count). The fourth-order valence-electron chi connectivity index (χ4n) is 7.85. The van der Waals surface area contributed by atoms with Crippen LogP contribution < -0.4 is 0 Å². The Morgan fingerprint density at radius 2 is 1.25 bits per heavy atom. The van der Waals surface area contributed by atoms with Gasteiger partial charge in [-0.2, -0.15) is 0 Å². The fraction of sp³-hybridized carbons (Fsp3) is 0.860. The van der Waals surface area contributed by atoms with Crippen molar-refractivity contribution < 1.29 is 57.1 Å². The number of phosphoric acid groups is 1. The number of unbranched alkanes of at least 4 members (excludes halogenated alkanes) is 20. The quantitative estimate of drug-likeness (QED) is 0.0175. The summed E-state index contributed by atoms with van der Waals surface area (Å²) in [5.41, 5.74) is 0. The number of aliphatic hydroxyl groups excluding tert-OH is 2. The number of likely N-dealkylation sites (N-methyl/N-ethyl adjacent to an activating group) is 1. The Bertz CT molecular complexity index is 1290. The molecule has 1 aliphatic carbocycles. The molecule has 6 atom stereocenters. The molecule has 0 aliphatic heterocycles. The topological polar surface area (TPSA) is 166 Å². The number of quaternary nitrogens is 1. The zero-order chi connectivity index (χ0) is 46.6. The number of ketones is 1. The molecule has 0 amide bonds. The van der Waals surface area contributed by atoms with Crippen LogP contribution in [0.4, 0.5) is 0 Å². The summed E-state index contributed by atoms with van der Waals surface area (Å²) < 4.78 is 34.4. The molecule has 0 aromatic carbocycles. The molecule has 1 saturated carbocycles. The van der Waals surface area contributed by atoms with Crippen molar-refractivity contribution in [1.29, 1.82) is 0 Å². The van der Waals surface area contributed by atoms with E-state index in [1.54, 1.807) is 6.08 Å². The van der Waals surface area contributed by atoms with Gasteiger partial charge < -0.3 is 29.1 Å². The van der Waals surface area contributed by atoms with Crippen molar-refractivity contribution in [2.75, 3.05) is 47.5 Å². The van der Waals surface area contributed by atoms with E-state index in [-0.39, 0.29) is 50.1 Å². The lowest BCUT2D eigenvalue weighted by Crippen LogP contribution is -2.37. The van der Waals surface area contributed by atoms with Gasteiger partial charge in [0.1, 0.15) is 25.5 Å². The Hall–Kier alpha value is -1.92. The Balaban J connectivity index is 2.40. The highest BCUT2D eigenvalue weighted by Crippen LogP contribution is 2.43. The van der Waals surface area contributed by atoms with Crippen LogP contribution in [0.2, 0.25) is 0 Å². The summed E-state index contributed by atoms with van der Waals surface area (Å²) in [6.07, 6.45) is 34.0. The number of Topliss-reactive ketones (excluding diaryl/α,β-unsaturated/α-hetero) is 1. The van der Waals surface area contributed by atoms with Crippen molar-refractivity contribution in [1.82, 2.24) is 0 Å². The van der Waals surface area contributed by atoms with Crippen molar-refractivity contribution in [3.05, 3.63) is 24.3 Å². The van der Waals surface area contributed by atoms with E-state index in [1.165, 1.54) is 83.5 Å². The third-order valence-corrected chi connectivity index (χ3v) is 12.8. The van der Waals surface area contributed by atoms with Gasteiger partial charge in [-0.05, 0) is 51.4 Å². The molecule has 368 valence electrons. The number of nitrogens with zero attached hydrogens (tertiary/aromatic N) is 1. The van der Waals surface area contributed by atoms with E-state index in [1.807, 2.05) is 27.2 Å². The SMILES string of the molecule is CCCCCCCC/C=C\CCCCCCCCCCCC(=O)OC[C@H](COP(=O)(O)OCC[N+](C)(C)C)OC(=O)CCCCCC[C@H]1C(=O)C[C@@H](O)[C@@H]1/C=C/[C@@H](O)CCCCC. The third-order valence-electron chi connectivity index (χ3n) is 11.8. The van der Waals surface area contributed by atoms with Crippen LogP contribution in [-0.4, -0.2) is 103 Å². The molecule has 1 aliphatic rings. The molecule has 0 radical (unpaired) electrons. The monoisotopic (exact) mass is 915 g/mol. The largest absolute Gasteiger partial charge is 0.472 e. The normalized spacial score (nSPS) is 18.9. The van der Waals surface area contributed by atoms with Gasteiger partial charge in [0.15, 0.2) is 6.10 Å². The molecule has 3 N–H and O–H groups in total. The summed E-state index contributed by atoms with van der Waals surface area (Å²) >= 11 is 0. The molecule has 0 bridgehead atoms. The number of rotatable bonds is 42. The molecular weight excluding hydrogens is 822 g/mol. The lowest BCUT2D eigenvalue weighted by molar-refractivity contribution is -0.870. The fourth-order valence-corrected chi connectivity index (χ4v) is 8.59. The second-order valence-corrected chi connectivity index (χ2v) is 20.4. The van der Waals surface area contributed by atoms with Crippen LogP contribution in [0.15, 0.2) is 24.3 Å². The summed E-state index contributed by atoms with van der Waals surface area (Å²) in [6, 6.07) is 0. The number of hydrogen-bond acceptors (Lipinski definition) is 10. The highest BCUT2D eigenvalue weighted by Gasteiger charge is 2.39. The second-order valence-electron chi connectivity index (χ2n) is 19.0. The minimum absolute atomic E-state index is 0.0108. The van der Waals surface area contributed by atoms with Gasteiger partial charge in [-0.1, -0.05) is 154 Å². The van der Waals surface area contributed by atoms with Crippen LogP contribution in [0.5, 0.6) is 0 Å². The minimum atomic E-state index is -4.45. The lowest BCUT2D eigenvalue weighted by atomic mass is 9.88. The predicted octanol–water partition coefficient (Wildman–Crippen LogP) is 11.3. The van der Waals surface area contributed by atoms with Crippen molar-refractivity contribution in [3.8, 4) is 0 Å². The number of ether oxygens (including phenoxy) is 2. The van der Waals surface area contributed by atoms with E-state index < -0.39 is 44.7 Å². The molecule has 0 spiro atoms. The van der Waals surface area contributed by atoms with Crippen LogP contribution >= 0.6 is 7.82 Å². The first-order valence-corrected chi connectivity index (χ1v) is 26.7. The number of phosphoric ester groups is 1. The lowest BCUT2D eigenvalue weighted by Gasteiger charge is -2.24. The maximum Gasteiger partial charge on any atom is 0.472 e. The molecule has 13 heteroatoms. The summed E-state index contributed by atoms with van der Waals surface area (Å²) in [5, 5.41) is 20.8. The first kappa shape index (κ1) is 59.1. The molecule has 0 aromatic heterocycles. The zero-order valence-corrected chi connectivity index (χ0v) is 41.4. The van der Waals surface area contributed by atoms with E-state index in [0.717, 1.165) is 51.4 Å². The van der Waals surface area contributed by atoms with Gasteiger partial charge in [0.2, 0.25) is 0 Å². The van der Waals surface area contributed by atoms with Crippen LogP contribution in [0.25, 0.3) is 0 Å². The Kier molecular flexibility index (Phi) is 34.9. The first-order valence-electron chi connectivity index (χ1n) is 25.2. The number of hydrogen-bond donors (Lipinski definition) is 3. The molecular formula is C50H93NO11P+. The van der Waals surface area contributed by atoms with Gasteiger partial charge in [0.25, 0.3) is 0 Å². The van der Waals surface area contributed by atoms with Gasteiger partial charge >= 0.3 is 19.8 Å². The molecule has 1 unspecified atom stereocenters. The van der Waals surface area contributed by atoms with Crippen molar-refractivity contribution in [2.24, 2.45) is 11.8 Å². The summed E-state index contributed by atoms with van der Waals surface area (Å²) in [6.45, 7) is 4.06. The molecule has 1 fully saturated rings. The highest BCUT2D eigenvalue weighted by molar-refractivity contribution is 7.47. The van der Waals surface area contributed by atoms with Gasteiger partial charge in [0.05, 0.1) is 40.0 Å². The number of allylic oxidation sites excluding steroid dienone is 2. The number of carbonyl (C=O) groups is 3. The number of aliphatic hydroxyl groups is 2. The van der Waals surface area contributed by atoms with Crippen molar-refractivity contribution >= 4 is 25.5 Å². The first-order chi connectivity index (χ1) is 30.2. The van der Waals surface area contributed by atoms with Gasteiger partial charge in [-0.15, -0.1) is 0 Å². The van der Waals surface area contributed by atoms with Crippen LogP contribution in [0, 0.1) is 11.8 Å². The predicted molar refractivity (Wildman–Crippen MR) is 253 cm³/mol. The van der Waals surface area contributed by atoms with Gasteiger partial charge in [0, 0.05) is 31.1 Å². The van der Waals surface area contributed by atoms with E-state index in [9.17, 15) is 34.1 Å². The second kappa shape index (κ2) is 37.2. The van der Waals surface area contributed by atoms with E-state index >= 15 is 0 Å². The Morgan fingerprint density at radius 1 is 0.730 bits per heavy atom. The summed E-state index contributed by atoms with van der Waals surface area (Å²) in [4.78, 5) is 48.3. The molecule has 63 heavy (non-hydrogen) atoms.